The predicted octanol–water partition coefficient (Wildman–Crippen LogP) is 0.604. The van der Waals surface area contributed by atoms with Crippen LogP contribution in [-0.4, -0.2) is 68.8 Å². The van der Waals surface area contributed by atoms with Gasteiger partial charge in [0.05, 0.1) is 42.6 Å². The molecule has 1 aromatic heterocycles. The summed E-state index contributed by atoms with van der Waals surface area (Å²) in [7, 11) is 0. The second-order valence-corrected chi connectivity index (χ2v) is 12.7. The Morgan fingerprint density at radius 1 is 1.16 bits per heavy atom. The van der Waals surface area contributed by atoms with Crippen LogP contribution < -0.4 is 34.7 Å². The van der Waals surface area contributed by atoms with Crippen molar-refractivity contribution < 1.29 is 81.2 Å². The number of hydrogen-bond acceptors (Lipinski definition) is 12. The Morgan fingerprint density at radius 3 is 2.51 bits per heavy atom. The van der Waals surface area contributed by atoms with Crippen molar-refractivity contribution in [3.8, 4) is 6.07 Å². The predicted molar refractivity (Wildman–Crippen MR) is 170 cm³/mol. The van der Waals surface area contributed by atoms with Gasteiger partial charge in [-0.3, -0.25) is 9.59 Å². The minimum Gasteiger partial charge on any atom is -0.546 e. The SMILES string of the molecule is CC(=O)OC(CCC(=O)O[C@@](Cn1cncn1)(c1ccc(F)cc1F)[C@@H](C)SC1COC(C=CC=Cc2ccc(C#N)cc2F)OC1)C(=O)[O-].[Na+]. The van der Waals surface area contributed by atoms with Crippen LogP contribution in [0.15, 0.2) is 67.3 Å². The number of hydrogen-bond donors (Lipinski definition) is 0. The normalized spacial score (nSPS) is 18.3. The van der Waals surface area contributed by atoms with Crippen LogP contribution >= 0.6 is 11.8 Å². The number of aromatic nitrogens is 3. The van der Waals surface area contributed by atoms with Gasteiger partial charge in [-0.15, -0.1) is 11.8 Å². The molecule has 264 valence electrons. The number of carboxylic acid groups (broad SMARTS) is 1. The van der Waals surface area contributed by atoms with E-state index in [-0.39, 0.29) is 65.7 Å². The van der Waals surface area contributed by atoms with Crippen LogP contribution in [0, 0.1) is 28.8 Å². The number of rotatable bonds is 15. The van der Waals surface area contributed by atoms with Gasteiger partial charge in [0.2, 0.25) is 0 Å². The molecule has 0 radical (unpaired) electrons. The number of benzene rings is 2. The van der Waals surface area contributed by atoms with Gasteiger partial charge in [-0.1, -0.05) is 24.3 Å². The van der Waals surface area contributed by atoms with Gasteiger partial charge < -0.3 is 28.8 Å². The first-order valence-corrected chi connectivity index (χ1v) is 16.2. The van der Waals surface area contributed by atoms with Gasteiger partial charge in [-0.05, 0) is 37.3 Å². The Labute approximate surface area is 317 Å². The molecule has 1 saturated heterocycles. The van der Waals surface area contributed by atoms with Crippen LogP contribution in [0.3, 0.4) is 0 Å². The fourth-order valence-corrected chi connectivity index (χ4v) is 6.41. The van der Waals surface area contributed by atoms with Crippen molar-refractivity contribution in [3.05, 3.63) is 101 Å². The minimum absolute atomic E-state index is 0. The Kier molecular flexibility index (Phi) is 15.9. The first-order valence-electron chi connectivity index (χ1n) is 15.2. The van der Waals surface area contributed by atoms with Crippen molar-refractivity contribution in [1.82, 2.24) is 14.8 Å². The number of halogens is 3. The second kappa shape index (κ2) is 19.6. The van der Waals surface area contributed by atoms with E-state index in [9.17, 15) is 28.3 Å². The molecular weight excluding hydrogens is 704 g/mol. The van der Waals surface area contributed by atoms with E-state index >= 15 is 4.39 Å². The number of thioether (sulfide) groups is 1. The quantitative estimate of drug-likeness (QED) is 0.121. The topological polar surface area (TPSA) is 166 Å². The van der Waals surface area contributed by atoms with Crippen molar-refractivity contribution in [2.24, 2.45) is 0 Å². The van der Waals surface area contributed by atoms with E-state index in [1.807, 2.05) is 6.07 Å². The van der Waals surface area contributed by atoms with Crippen LogP contribution in [0.2, 0.25) is 0 Å². The summed E-state index contributed by atoms with van der Waals surface area (Å²) in [6, 6.07) is 8.82. The number of allylic oxidation sites excluding steroid dienone is 2. The van der Waals surface area contributed by atoms with Gasteiger partial charge in [-0.25, -0.2) is 22.8 Å². The van der Waals surface area contributed by atoms with Gasteiger partial charge >= 0.3 is 41.5 Å². The molecule has 2 heterocycles. The molecule has 3 aromatic rings. The summed E-state index contributed by atoms with van der Waals surface area (Å²) >= 11 is 1.24. The molecule has 1 aliphatic heterocycles. The van der Waals surface area contributed by atoms with Crippen LogP contribution in [-0.2, 0) is 45.5 Å². The van der Waals surface area contributed by atoms with E-state index in [0.717, 1.165) is 25.1 Å². The molecule has 17 heteroatoms. The summed E-state index contributed by atoms with van der Waals surface area (Å²) in [5.41, 5.74) is -1.53. The maximum atomic E-state index is 15.6. The number of carboxylic acids is 1. The number of carbonyl (C=O) groups is 3. The Hall–Kier alpha value is -3.98. The first-order chi connectivity index (χ1) is 23.9. The van der Waals surface area contributed by atoms with E-state index in [2.05, 4.69) is 10.1 Å². The van der Waals surface area contributed by atoms with Crippen molar-refractivity contribution in [1.29, 1.82) is 5.26 Å². The molecule has 2 aromatic carbocycles. The number of carbonyl (C=O) groups excluding carboxylic acids is 3. The summed E-state index contributed by atoms with van der Waals surface area (Å²) in [5, 5.41) is 23.3. The maximum absolute atomic E-state index is 15.6. The molecule has 51 heavy (non-hydrogen) atoms. The number of nitriles is 1. The molecule has 1 aliphatic rings. The van der Waals surface area contributed by atoms with Gasteiger partial charge in [0.15, 0.2) is 11.9 Å². The number of esters is 2. The monoisotopic (exact) mass is 736 g/mol. The summed E-state index contributed by atoms with van der Waals surface area (Å²) in [5.74, 6) is -5.98. The van der Waals surface area contributed by atoms with E-state index in [0.29, 0.717) is 11.6 Å². The van der Waals surface area contributed by atoms with Crippen molar-refractivity contribution >= 4 is 35.7 Å². The molecule has 0 amide bonds. The molecule has 0 spiro atoms. The third-order valence-electron chi connectivity index (χ3n) is 7.46. The average molecular weight is 737 g/mol. The fourth-order valence-electron chi connectivity index (χ4n) is 5.05. The zero-order valence-electron chi connectivity index (χ0n) is 27.9. The van der Waals surface area contributed by atoms with E-state index < -0.39 is 71.4 Å². The Bertz CT molecular complexity index is 1770. The Balaban J connectivity index is 0.00000702. The van der Waals surface area contributed by atoms with Crippen molar-refractivity contribution in [2.75, 3.05) is 13.2 Å². The first kappa shape index (κ1) is 41.4. The summed E-state index contributed by atoms with van der Waals surface area (Å²) in [6.45, 7) is 2.72. The van der Waals surface area contributed by atoms with Crippen molar-refractivity contribution in [3.63, 3.8) is 0 Å². The fraction of sp³-hybridized carbons (Fsp3) is 0.353. The molecule has 0 bridgehead atoms. The van der Waals surface area contributed by atoms with Crippen LogP contribution in [0.4, 0.5) is 13.2 Å². The number of aliphatic carboxylic acids is 1. The largest absolute Gasteiger partial charge is 1.00 e. The second-order valence-electron chi connectivity index (χ2n) is 11.1. The minimum atomic E-state index is -1.85. The molecule has 0 aliphatic carbocycles. The van der Waals surface area contributed by atoms with Crippen LogP contribution in [0.25, 0.3) is 6.08 Å². The zero-order chi connectivity index (χ0) is 36.3. The third kappa shape index (κ3) is 11.8. The zero-order valence-corrected chi connectivity index (χ0v) is 30.7. The maximum Gasteiger partial charge on any atom is 1.00 e. The van der Waals surface area contributed by atoms with Gasteiger partial charge in [-0.2, -0.15) is 10.4 Å². The van der Waals surface area contributed by atoms with Gasteiger partial charge in [0.25, 0.3) is 0 Å². The summed E-state index contributed by atoms with van der Waals surface area (Å²) in [6.07, 6.45) is 5.38. The smallest absolute Gasteiger partial charge is 0.546 e. The molecule has 1 fully saturated rings. The molecule has 3 atom stereocenters. The van der Waals surface area contributed by atoms with Crippen LogP contribution in [0.5, 0.6) is 0 Å². The third-order valence-corrected chi connectivity index (χ3v) is 8.91. The molecule has 0 N–H and O–H groups in total. The molecular formula is C34H32F3N4NaO8S. The number of nitrogens with zero attached hydrogens (tertiary/aromatic N) is 4. The molecule has 4 rings (SSSR count). The number of ether oxygens (including phenoxy) is 4. The molecule has 1 unspecified atom stereocenters. The molecule has 12 nitrogen and oxygen atoms in total. The van der Waals surface area contributed by atoms with Crippen molar-refractivity contribution in [2.45, 2.75) is 61.7 Å². The van der Waals surface area contributed by atoms with E-state index in [4.69, 9.17) is 24.2 Å². The van der Waals surface area contributed by atoms with Crippen LogP contribution in [0.1, 0.15) is 43.4 Å². The van der Waals surface area contributed by atoms with Gasteiger partial charge in [0, 0.05) is 42.2 Å². The average Bonchev–Trinajstić information content (AvgIpc) is 3.58. The Morgan fingerprint density at radius 2 is 1.90 bits per heavy atom. The summed E-state index contributed by atoms with van der Waals surface area (Å²) < 4.78 is 67.4. The summed E-state index contributed by atoms with van der Waals surface area (Å²) in [4.78, 5) is 40.0. The molecule has 0 saturated carbocycles. The van der Waals surface area contributed by atoms with E-state index in [1.165, 1.54) is 47.3 Å². The van der Waals surface area contributed by atoms with E-state index in [1.54, 1.807) is 25.2 Å². The standard InChI is InChI=1S/C34H33F3N4O8S.Na/c1-21(50-26-16-46-32(47-17-26)6-4-3-5-24-8-7-23(15-38)13-28(24)36)34(18-41-20-39-19-40-41,27-10-9-25(35)14-29(27)37)49-31(43)12-11-30(33(44)45)48-22(2)42;/h3-10,13-14,19-21,26,30,32H,11-12,16-18H2,1-2H3,(H,44,45);/q;+1/p-1/t21-,26?,30?,32?,34-;/m1./s1. The van der Waals surface area contributed by atoms with Gasteiger partial charge in [0.1, 0.15) is 36.2 Å².